The van der Waals surface area contributed by atoms with Crippen molar-refractivity contribution in [3.63, 3.8) is 0 Å². The molecule has 0 saturated carbocycles. The van der Waals surface area contributed by atoms with Gasteiger partial charge in [0.15, 0.2) is 0 Å². The zero-order valence-corrected chi connectivity index (χ0v) is 20.5. The second-order valence-electron chi connectivity index (χ2n) is 9.86. The molecule has 0 fully saturated rings. The summed E-state index contributed by atoms with van der Waals surface area (Å²) >= 11 is 0. The predicted molar refractivity (Wildman–Crippen MR) is 139 cm³/mol. The SMILES string of the molecule is CC(C)(C)OC(=O)N[C@H](Cc1ccccc1)C(=O)N1Cc2ccc(/C=C/c3ccccc3)cc2C1. The van der Waals surface area contributed by atoms with Gasteiger partial charge >= 0.3 is 6.09 Å². The molecule has 35 heavy (non-hydrogen) atoms. The van der Waals surface area contributed by atoms with Crippen LogP contribution >= 0.6 is 0 Å². The highest BCUT2D eigenvalue weighted by atomic mass is 16.6. The third-order valence-corrected chi connectivity index (χ3v) is 5.80. The molecule has 0 aromatic heterocycles. The lowest BCUT2D eigenvalue weighted by molar-refractivity contribution is -0.134. The van der Waals surface area contributed by atoms with Crippen molar-refractivity contribution in [1.29, 1.82) is 0 Å². The smallest absolute Gasteiger partial charge is 0.408 e. The molecule has 3 aromatic rings. The third kappa shape index (κ3) is 6.82. The maximum Gasteiger partial charge on any atom is 0.408 e. The Balaban J connectivity index is 1.47. The molecule has 180 valence electrons. The average molecular weight is 469 g/mol. The molecule has 1 aliphatic heterocycles. The predicted octanol–water partition coefficient (Wildman–Crippen LogP) is 5.84. The molecular formula is C30H32N2O3. The van der Waals surface area contributed by atoms with Crippen LogP contribution in [0.15, 0.2) is 78.9 Å². The molecule has 2 amide bonds. The Kier molecular flexibility index (Phi) is 7.35. The van der Waals surface area contributed by atoms with Crippen LogP contribution in [-0.2, 0) is 29.0 Å². The number of ether oxygens (including phenoxy) is 1. The number of nitrogens with one attached hydrogen (secondary N) is 1. The summed E-state index contributed by atoms with van der Waals surface area (Å²) in [6.07, 6.45) is 3.98. The lowest BCUT2D eigenvalue weighted by atomic mass is 10.0. The fourth-order valence-electron chi connectivity index (χ4n) is 4.15. The minimum absolute atomic E-state index is 0.114. The van der Waals surface area contributed by atoms with Gasteiger partial charge in [0, 0.05) is 19.5 Å². The number of hydrogen-bond donors (Lipinski definition) is 1. The van der Waals surface area contributed by atoms with Crippen LogP contribution < -0.4 is 5.32 Å². The Hall–Kier alpha value is -3.86. The summed E-state index contributed by atoms with van der Waals surface area (Å²) in [5.74, 6) is -0.114. The first-order valence-corrected chi connectivity index (χ1v) is 11.9. The Morgan fingerprint density at radius 3 is 2.20 bits per heavy atom. The maximum atomic E-state index is 13.6. The topological polar surface area (TPSA) is 58.6 Å². The number of rotatable bonds is 6. The molecule has 1 aliphatic rings. The number of alkyl carbamates (subject to hydrolysis) is 1. The third-order valence-electron chi connectivity index (χ3n) is 5.80. The van der Waals surface area contributed by atoms with E-state index in [2.05, 4.69) is 47.8 Å². The van der Waals surface area contributed by atoms with Crippen molar-refractivity contribution >= 4 is 24.2 Å². The zero-order chi connectivity index (χ0) is 24.8. The van der Waals surface area contributed by atoms with Crippen molar-refractivity contribution in [3.05, 3.63) is 107 Å². The summed E-state index contributed by atoms with van der Waals surface area (Å²) in [4.78, 5) is 27.9. The largest absolute Gasteiger partial charge is 0.444 e. The van der Waals surface area contributed by atoms with Crippen LogP contribution in [0.3, 0.4) is 0 Å². The van der Waals surface area contributed by atoms with Gasteiger partial charge in [0.05, 0.1) is 0 Å². The van der Waals surface area contributed by atoms with Gasteiger partial charge in [-0.15, -0.1) is 0 Å². The Morgan fingerprint density at radius 1 is 0.886 bits per heavy atom. The van der Waals surface area contributed by atoms with E-state index >= 15 is 0 Å². The van der Waals surface area contributed by atoms with Gasteiger partial charge in [0.2, 0.25) is 5.91 Å². The molecule has 0 spiro atoms. The molecule has 1 N–H and O–H groups in total. The van der Waals surface area contributed by atoms with Crippen LogP contribution in [0.4, 0.5) is 4.79 Å². The van der Waals surface area contributed by atoms with Gasteiger partial charge in [-0.3, -0.25) is 4.79 Å². The molecule has 1 atom stereocenters. The van der Waals surface area contributed by atoms with Crippen LogP contribution in [0.5, 0.6) is 0 Å². The van der Waals surface area contributed by atoms with E-state index in [1.807, 2.05) is 69.3 Å². The number of carbonyl (C=O) groups excluding carboxylic acids is 2. The highest BCUT2D eigenvalue weighted by molar-refractivity contribution is 5.86. The number of carbonyl (C=O) groups is 2. The lowest BCUT2D eigenvalue weighted by Gasteiger charge is -2.26. The van der Waals surface area contributed by atoms with E-state index in [4.69, 9.17) is 4.74 Å². The minimum Gasteiger partial charge on any atom is -0.444 e. The highest BCUT2D eigenvalue weighted by Gasteiger charge is 2.31. The molecule has 4 rings (SSSR count). The molecule has 0 aliphatic carbocycles. The van der Waals surface area contributed by atoms with Gasteiger partial charge in [-0.25, -0.2) is 4.79 Å². The molecule has 0 unspecified atom stereocenters. The molecule has 0 bridgehead atoms. The first-order chi connectivity index (χ1) is 16.8. The first kappa shape index (κ1) is 24.3. The number of amides is 2. The summed E-state index contributed by atoms with van der Waals surface area (Å²) in [5, 5.41) is 2.81. The van der Waals surface area contributed by atoms with Crippen LogP contribution in [0, 0.1) is 0 Å². The molecule has 0 radical (unpaired) electrons. The van der Waals surface area contributed by atoms with Gasteiger partial charge in [-0.2, -0.15) is 0 Å². The van der Waals surface area contributed by atoms with Crippen molar-refractivity contribution < 1.29 is 14.3 Å². The lowest BCUT2D eigenvalue weighted by Crippen LogP contribution is -2.49. The van der Waals surface area contributed by atoms with E-state index < -0.39 is 17.7 Å². The summed E-state index contributed by atoms with van der Waals surface area (Å²) in [5.41, 5.74) is 4.83. The van der Waals surface area contributed by atoms with Crippen molar-refractivity contribution in [2.45, 2.75) is 51.9 Å². The van der Waals surface area contributed by atoms with E-state index in [-0.39, 0.29) is 5.91 Å². The summed E-state index contributed by atoms with van der Waals surface area (Å²) in [6.45, 7) is 6.46. The number of nitrogens with zero attached hydrogens (tertiary/aromatic N) is 1. The van der Waals surface area contributed by atoms with Crippen LogP contribution in [0.2, 0.25) is 0 Å². The van der Waals surface area contributed by atoms with Crippen molar-refractivity contribution in [2.24, 2.45) is 0 Å². The van der Waals surface area contributed by atoms with Gasteiger partial charge in [-0.05, 0) is 54.7 Å². The van der Waals surface area contributed by atoms with Gasteiger partial charge in [0.25, 0.3) is 0 Å². The molecule has 0 saturated heterocycles. The monoisotopic (exact) mass is 468 g/mol. The Labute approximate surface area is 207 Å². The van der Waals surface area contributed by atoms with Crippen molar-refractivity contribution in [2.75, 3.05) is 0 Å². The second-order valence-corrected chi connectivity index (χ2v) is 9.86. The van der Waals surface area contributed by atoms with Gasteiger partial charge in [-0.1, -0.05) is 84.9 Å². The average Bonchev–Trinajstić information content (AvgIpc) is 3.25. The van der Waals surface area contributed by atoms with Crippen molar-refractivity contribution in [1.82, 2.24) is 10.2 Å². The van der Waals surface area contributed by atoms with Gasteiger partial charge in [0.1, 0.15) is 11.6 Å². The molecule has 5 nitrogen and oxygen atoms in total. The minimum atomic E-state index is -0.709. The maximum absolute atomic E-state index is 13.6. The highest BCUT2D eigenvalue weighted by Crippen LogP contribution is 2.26. The quantitative estimate of drug-likeness (QED) is 0.463. The van der Waals surface area contributed by atoms with Crippen LogP contribution in [0.25, 0.3) is 12.2 Å². The van der Waals surface area contributed by atoms with E-state index in [0.29, 0.717) is 19.5 Å². The fraction of sp³-hybridized carbons (Fsp3) is 0.267. The number of hydrogen-bond acceptors (Lipinski definition) is 3. The summed E-state index contributed by atoms with van der Waals surface area (Å²) < 4.78 is 5.43. The Morgan fingerprint density at radius 2 is 1.51 bits per heavy atom. The normalized spacial score (nSPS) is 14.0. The van der Waals surface area contributed by atoms with Crippen LogP contribution in [0.1, 0.15) is 48.6 Å². The molecule has 1 heterocycles. The zero-order valence-electron chi connectivity index (χ0n) is 20.5. The number of benzene rings is 3. The van der Waals surface area contributed by atoms with E-state index in [1.165, 1.54) is 0 Å². The van der Waals surface area contributed by atoms with E-state index in [1.54, 1.807) is 4.90 Å². The molecule has 3 aromatic carbocycles. The molecular weight excluding hydrogens is 436 g/mol. The Bertz CT molecular complexity index is 1200. The van der Waals surface area contributed by atoms with E-state index in [9.17, 15) is 9.59 Å². The number of fused-ring (bicyclic) bond motifs is 1. The molecule has 5 heteroatoms. The fourth-order valence-corrected chi connectivity index (χ4v) is 4.15. The first-order valence-electron chi connectivity index (χ1n) is 11.9. The van der Waals surface area contributed by atoms with Crippen LogP contribution in [-0.4, -0.2) is 28.5 Å². The second kappa shape index (κ2) is 10.6. The summed E-state index contributed by atoms with van der Waals surface area (Å²) in [7, 11) is 0. The standard InChI is InChI=1S/C30H32N2O3/c1-30(2,3)35-29(34)31-27(19-23-12-8-5-9-13-23)28(33)32-20-25-17-16-24(18-26(25)21-32)15-14-22-10-6-4-7-11-22/h4-18,27H,19-21H2,1-3H3,(H,31,34)/b15-14+/t27-/m1/s1. The summed E-state index contributed by atoms with van der Waals surface area (Å²) in [6, 6.07) is 25.5. The van der Waals surface area contributed by atoms with Crippen molar-refractivity contribution in [3.8, 4) is 0 Å². The van der Waals surface area contributed by atoms with E-state index in [0.717, 1.165) is 27.8 Å². The van der Waals surface area contributed by atoms with Gasteiger partial charge < -0.3 is 15.0 Å².